The van der Waals surface area contributed by atoms with Gasteiger partial charge < -0.3 is 20.2 Å². The Morgan fingerprint density at radius 3 is 2.16 bits per heavy atom. The van der Waals surface area contributed by atoms with E-state index in [0.29, 0.717) is 22.7 Å². The summed E-state index contributed by atoms with van der Waals surface area (Å²) < 4.78 is 18.9. The lowest BCUT2D eigenvalue weighted by atomic mass is 10.0. The molecule has 0 aliphatic heterocycles. The molecule has 222 valence electrons. The summed E-state index contributed by atoms with van der Waals surface area (Å²) in [4.78, 5) is 43.8. The predicted molar refractivity (Wildman–Crippen MR) is 165 cm³/mol. The van der Waals surface area contributed by atoms with E-state index in [1.54, 1.807) is 36.4 Å². The summed E-state index contributed by atoms with van der Waals surface area (Å²) in [6.07, 6.45) is 0. The molecule has 0 fully saturated rings. The average Bonchev–Trinajstić information content (AvgIpc) is 3.02. The lowest BCUT2D eigenvalue weighted by Crippen LogP contribution is -2.29. The van der Waals surface area contributed by atoms with Gasteiger partial charge in [-0.1, -0.05) is 72.8 Å². The highest BCUT2D eigenvalue weighted by Gasteiger charge is 2.20. The van der Waals surface area contributed by atoms with Crippen molar-refractivity contribution in [3.63, 3.8) is 0 Å². The molecule has 0 radical (unpaired) electrons. The second kappa shape index (κ2) is 13.7. The van der Waals surface area contributed by atoms with Crippen molar-refractivity contribution < 1.29 is 23.6 Å². The third-order valence-electron chi connectivity index (χ3n) is 6.16. The number of hydrogen-bond acceptors (Lipinski definition) is 9. The number of carbonyl (C=O) groups is 2. The van der Waals surface area contributed by atoms with Gasteiger partial charge in [0.05, 0.1) is 19.3 Å². The summed E-state index contributed by atoms with van der Waals surface area (Å²) in [6.45, 7) is 1.21. The van der Waals surface area contributed by atoms with E-state index in [4.69, 9.17) is 9.57 Å². The Bertz CT molecular complexity index is 1750. The van der Waals surface area contributed by atoms with Crippen LogP contribution < -0.4 is 25.8 Å². The Balaban J connectivity index is 1.51. The lowest BCUT2D eigenvalue weighted by Gasteiger charge is -2.21. The summed E-state index contributed by atoms with van der Waals surface area (Å²) in [5.74, 6) is -0.768. The van der Waals surface area contributed by atoms with Crippen LogP contribution in [0.5, 0.6) is 5.75 Å². The topological polar surface area (TPSA) is 131 Å². The number of hydroxylamine groups is 1. The number of anilines is 5. The molecule has 11 nitrogen and oxygen atoms in total. The van der Waals surface area contributed by atoms with E-state index >= 15 is 0 Å². The number of rotatable bonds is 10. The molecule has 2 amide bonds. The van der Waals surface area contributed by atoms with Crippen molar-refractivity contribution in [2.24, 2.45) is 0 Å². The molecule has 0 spiro atoms. The fraction of sp³-hybridized carbons (Fsp3) is 0.0938. The number of methoxy groups -OCH3 is 1. The molecule has 5 aromatic rings. The van der Waals surface area contributed by atoms with E-state index in [2.05, 4.69) is 30.9 Å². The number of para-hydroxylation sites is 3. The predicted octanol–water partition coefficient (Wildman–Crippen LogP) is 6.56. The van der Waals surface area contributed by atoms with Crippen LogP contribution in [0.4, 0.5) is 38.4 Å². The van der Waals surface area contributed by atoms with Gasteiger partial charge in [-0.05, 0) is 41.5 Å². The summed E-state index contributed by atoms with van der Waals surface area (Å²) in [7, 11) is 1.49. The number of ether oxygens (including phenoxy) is 1. The fourth-order valence-corrected chi connectivity index (χ4v) is 4.23. The van der Waals surface area contributed by atoms with Gasteiger partial charge in [0.1, 0.15) is 11.6 Å². The maximum atomic E-state index is 13.6. The van der Waals surface area contributed by atoms with Crippen molar-refractivity contribution in [2.45, 2.75) is 13.5 Å². The second-order valence-electron chi connectivity index (χ2n) is 9.34. The van der Waals surface area contributed by atoms with Crippen LogP contribution in [-0.4, -0.2) is 34.1 Å². The quantitative estimate of drug-likeness (QED) is 0.154. The summed E-state index contributed by atoms with van der Waals surface area (Å²) in [6, 6.07) is 29.2. The van der Waals surface area contributed by atoms with E-state index in [9.17, 15) is 14.0 Å². The maximum absolute atomic E-state index is 13.6. The first-order valence-corrected chi connectivity index (χ1v) is 13.5. The van der Waals surface area contributed by atoms with Gasteiger partial charge in [0.25, 0.3) is 5.95 Å². The highest BCUT2D eigenvalue weighted by molar-refractivity contribution is 5.99. The van der Waals surface area contributed by atoms with Crippen molar-refractivity contribution in [1.82, 2.24) is 15.0 Å². The van der Waals surface area contributed by atoms with Crippen LogP contribution in [0.3, 0.4) is 0 Å². The molecule has 0 unspecified atom stereocenters. The summed E-state index contributed by atoms with van der Waals surface area (Å²) in [5, 5.41) is 9.65. The molecule has 44 heavy (non-hydrogen) atoms. The van der Waals surface area contributed by atoms with Crippen LogP contribution in [0.2, 0.25) is 0 Å². The van der Waals surface area contributed by atoms with Crippen molar-refractivity contribution in [3.05, 3.63) is 115 Å². The zero-order valence-electron chi connectivity index (χ0n) is 23.8. The van der Waals surface area contributed by atoms with E-state index in [1.807, 2.05) is 54.6 Å². The number of amides is 2. The number of urea groups is 1. The number of carbonyl (C=O) groups excluding carboxylic acids is 2. The molecule has 1 heterocycles. The minimum Gasteiger partial charge on any atom is -0.495 e. The maximum Gasteiger partial charge on any atom is 0.329 e. The van der Waals surface area contributed by atoms with Crippen molar-refractivity contribution in [1.29, 1.82) is 0 Å². The Kier molecular flexibility index (Phi) is 9.20. The van der Waals surface area contributed by atoms with E-state index < -0.39 is 17.8 Å². The van der Waals surface area contributed by atoms with Gasteiger partial charge in [0, 0.05) is 18.2 Å². The fourth-order valence-electron chi connectivity index (χ4n) is 4.23. The first-order valence-electron chi connectivity index (χ1n) is 13.5. The SMILES string of the molecule is COc1ccccc1NC(=O)Nc1nc(Nc2ccccc2-c2ccccc2)nc(N(Cc2ccc(F)cc2)OC(C)=O)n1. The molecular formula is C32H28FN7O4. The van der Waals surface area contributed by atoms with E-state index in [1.165, 1.54) is 26.2 Å². The van der Waals surface area contributed by atoms with Crippen LogP contribution in [0.1, 0.15) is 12.5 Å². The normalized spacial score (nSPS) is 10.4. The van der Waals surface area contributed by atoms with Crippen LogP contribution in [0.15, 0.2) is 103 Å². The number of nitrogens with zero attached hydrogens (tertiary/aromatic N) is 4. The molecule has 0 saturated heterocycles. The van der Waals surface area contributed by atoms with Gasteiger partial charge in [-0.3, -0.25) is 10.1 Å². The molecule has 1 aromatic heterocycles. The monoisotopic (exact) mass is 593 g/mol. The van der Waals surface area contributed by atoms with Gasteiger partial charge in [-0.2, -0.15) is 20.0 Å². The smallest absolute Gasteiger partial charge is 0.329 e. The molecule has 4 aromatic carbocycles. The van der Waals surface area contributed by atoms with Gasteiger partial charge in [-0.25, -0.2) is 9.18 Å². The largest absolute Gasteiger partial charge is 0.495 e. The number of benzene rings is 4. The standard InChI is InChI=1S/C32H28FN7O4/c1-21(41)44-40(20-22-16-18-24(33)19-17-22)31-37-29(34-26-13-7-6-12-25(26)23-10-4-3-5-11-23)36-30(38-31)39-32(42)35-27-14-8-9-15-28(27)43-2/h3-19H,20H2,1-2H3,(H3,34,35,36,37,38,39,42). The van der Waals surface area contributed by atoms with Crippen LogP contribution in [0.25, 0.3) is 11.1 Å². The van der Waals surface area contributed by atoms with Crippen LogP contribution >= 0.6 is 0 Å². The van der Waals surface area contributed by atoms with Crippen LogP contribution in [0, 0.1) is 5.82 Å². The highest BCUT2D eigenvalue weighted by atomic mass is 19.1. The molecule has 5 rings (SSSR count). The first-order chi connectivity index (χ1) is 21.4. The number of aromatic nitrogens is 3. The molecular weight excluding hydrogens is 565 g/mol. The van der Waals surface area contributed by atoms with Crippen LogP contribution in [-0.2, 0) is 16.2 Å². The average molecular weight is 594 g/mol. The molecule has 0 aliphatic rings. The van der Waals surface area contributed by atoms with E-state index in [0.717, 1.165) is 16.2 Å². The number of hydrogen-bond donors (Lipinski definition) is 3. The minimum absolute atomic E-state index is 0.0171. The van der Waals surface area contributed by atoms with Crippen molar-refractivity contribution in [3.8, 4) is 16.9 Å². The minimum atomic E-state index is -0.653. The van der Waals surface area contributed by atoms with E-state index in [-0.39, 0.29) is 24.4 Å². The first kappa shape index (κ1) is 29.5. The second-order valence-corrected chi connectivity index (χ2v) is 9.34. The van der Waals surface area contributed by atoms with Gasteiger partial charge in [0.2, 0.25) is 11.9 Å². The third kappa shape index (κ3) is 7.62. The molecule has 12 heteroatoms. The molecule has 0 saturated carbocycles. The Morgan fingerprint density at radius 1 is 0.773 bits per heavy atom. The molecule has 3 N–H and O–H groups in total. The number of halogens is 1. The number of nitrogens with one attached hydrogen (secondary N) is 3. The Labute approximate surface area is 252 Å². The summed E-state index contributed by atoms with van der Waals surface area (Å²) >= 11 is 0. The van der Waals surface area contributed by atoms with Crippen molar-refractivity contribution >= 4 is 41.2 Å². The van der Waals surface area contributed by atoms with Gasteiger partial charge in [-0.15, -0.1) is 0 Å². The third-order valence-corrected chi connectivity index (χ3v) is 6.16. The Hall–Kier alpha value is -6.04. The highest BCUT2D eigenvalue weighted by Crippen LogP contribution is 2.30. The molecule has 0 aliphatic carbocycles. The van der Waals surface area contributed by atoms with Gasteiger partial charge in [0.15, 0.2) is 0 Å². The lowest BCUT2D eigenvalue weighted by molar-refractivity contribution is -0.142. The zero-order chi connectivity index (χ0) is 30.9. The molecule has 0 bridgehead atoms. The Morgan fingerprint density at radius 2 is 1.43 bits per heavy atom. The van der Waals surface area contributed by atoms with Gasteiger partial charge >= 0.3 is 12.0 Å². The summed E-state index contributed by atoms with van der Waals surface area (Å²) in [5.41, 5.74) is 3.55. The molecule has 0 atom stereocenters. The zero-order valence-corrected chi connectivity index (χ0v) is 23.8. The van der Waals surface area contributed by atoms with Crippen molar-refractivity contribution in [2.75, 3.05) is 28.1 Å².